The van der Waals surface area contributed by atoms with Gasteiger partial charge in [0.15, 0.2) is 0 Å². The molecule has 0 atom stereocenters. The molecule has 0 unspecified atom stereocenters. The Morgan fingerprint density at radius 2 is 0.939 bits per heavy atom. The quantitative estimate of drug-likeness (QED) is 0.148. The second kappa shape index (κ2) is 23.9. The molecule has 0 bridgehead atoms. The van der Waals surface area contributed by atoms with Crippen LogP contribution in [0.2, 0.25) is 0 Å². The minimum absolute atomic E-state index is 0.206. The average molecular weight is 468 g/mol. The molecule has 0 heterocycles. The molecule has 0 saturated carbocycles. The summed E-state index contributed by atoms with van der Waals surface area (Å²) < 4.78 is 0. The van der Waals surface area contributed by atoms with Crippen LogP contribution in [-0.4, -0.2) is 48.4 Å². The third kappa shape index (κ3) is 21.0. The normalized spacial score (nSPS) is 11.0. The van der Waals surface area contributed by atoms with Crippen molar-refractivity contribution in [2.45, 2.75) is 142 Å². The van der Waals surface area contributed by atoms with Gasteiger partial charge in [0.1, 0.15) is 0 Å². The number of carbonyl (C=O) groups excluding carboxylic acids is 2. The number of rotatable bonds is 24. The lowest BCUT2D eigenvalue weighted by atomic mass is 10.0. The van der Waals surface area contributed by atoms with E-state index >= 15 is 0 Å². The second-order valence-electron chi connectivity index (χ2n) is 9.85. The minimum atomic E-state index is -0.308. The first-order valence-electron chi connectivity index (χ1n) is 14.3. The number of nitrogens with two attached hydrogens (primary N) is 1. The Balaban J connectivity index is 3.49. The molecule has 3 amide bonds. The molecule has 5 heteroatoms. The SMILES string of the molecule is CCCCCCCCCCCCCCCCCCN(CCCCCC(=O)N(C)CC)C(N)=O. The van der Waals surface area contributed by atoms with Crippen molar-refractivity contribution in [1.82, 2.24) is 9.80 Å². The summed E-state index contributed by atoms with van der Waals surface area (Å²) in [5.41, 5.74) is 5.55. The Morgan fingerprint density at radius 1 is 0.576 bits per heavy atom. The number of nitrogens with zero attached hydrogens (tertiary/aromatic N) is 2. The smallest absolute Gasteiger partial charge is 0.314 e. The van der Waals surface area contributed by atoms with Crippen LogP contribution in [0.5, 0.6) is 0 Å². The number of hydrogen-bond donors (Lipinski definition) is 1. The second-order valence-corrected chi connectivity index (χ2v) is 9.85. The zero-order chi connectivity index (χ0) is 24.6. The van der Waals surface area contributed by atoms with Gasteiger partial charge in [-0.2, -0.15) is 0 Å². The lowest BCUT2D eigenvalue weighted by Gasteiger charge is -2.20. The topological polar surface area (TPSA) is 66.6 Å². The largest absolute Gasteiger partial charge is 0.351 e. The van der Waals surface area contributed by atoms with Gasteiger partial charge in [-0.05, 0) is 26.2 Å². The molecule has 2 N–H and O–H groups in total. The van der Waals surface area contributed by atoms with Crippen LogP contribution in [0.1, 0.15) is 142 Å². The van der Waals surface area contributed by atoms with E-state index in [-0.39, 0.29) is 11.9 Å². The fourth-order valence-corrected chi connectivity index (χ4v) is 4.31. The fourth-order valence-electron chi connectivity index (χ4n) is 4.31. The van der Waals surface area contributed by atoms with E-state index in [1.165, 1.54) is 96.3 Å². The van der Waals surface area contributed by atoms with E-state index < -0.39 is 0 Å². The van der Waals surface area contributed by atoms with E-state index in [9.17, 15) is 9.59 Å². The molecule has 0 radical (unpaired) electrons. The fraction of sp³-hybridized carbons (Fsp3) is 0.929. The van der Waals surface area contributed by atoms with Gasteiger partial charge in [-0.15, -0.1) is 0 Å². The summed E-state index contributed by atoms with van der Waals surface area (Å²) in [7, 11) is 1.84. The molecule has 0 rings (SSSR count). The minimum Gasteiger partial charge on any atom is -0.351 e. The molecule has 33 heavy (non-hydrogen) atoms. The molecule has 0 saturated heterocycles. The van der Waals surface area contributed by atoms with Gasteiger partial charge >= 0.3 is 6.03 Å². The third-order valence-corrected chi connectivity index (χ3v) is 6.81. The number of primary amides is 1. The van der Waals surface area contributed by atoms with Crippen LogP contribution in [0.15, 0.2) is 0 Å². The van der Waals surface area contributed by atoms with Crippen LogP contribution in [0, 0.1) is 0 Å². The summed E-state index contributed by atoms with van der Waals surface area (Å²) >= 11 is 0. The van der Waals surface area contributed by atoms with Crippen molar-refractivity contribution in [1.29, 1.82) is 0 Å². The van der Waals surface area contributed by atoms with Crippen molar-refractivity contribution in [2.75, 3.05) is 26.7 Å². The summed E-state index contributed by atoms with van der Waals surface area (Å²) in [6.45, 7) is 6.51. The van der Waals surface area contributed by atoms with E-state index in [0.29, 0.717) is 13.0 Å². The molecule has 5 nitrogen and oxygen atoms in total. The predicted octanol–water partition coefficient (Wildman–Crippen LogP) is 7.67. The predicted molar refractivity (Wildman–Crippen MR) is 142 cm³/mol. The highest BCUT2D eigenvalue weighted by atomic mass is 16.2. The zero-order valence-electron chi connectivity index (χ0n) is 22.6. The third-order valence-electron chi connectivity index (χ3n) is 6.81. The molecule has 0 fully saturated rings. The number of hydrogen-bond acceptors (Lipinski definition) is 2. The molecular formula is C28H57N3O2. The van der Waals surface area contributed by atoms with Crippen molar-refractivity contribution >= 4 is 11.9 Å². The molecular weight excluding hydrogens is 410 g/mol. The van der Waals surface area contributed by atoms with Crippen molar-refractivity contribution in [3.8, 4) is 0 Å². The zero-order valence-corrected chi connectivity index (χ0v) is 22.6. The molecule has 0 aromatic heterocycles. The molecule has 0 aliphatic carbocycles. The van der Waals surface area contributed by atoms with Crippen molar-refractivity contribution in [3.63, 3.8) is 0 Å². The number of urea groups is 1. The molecule has 0 spiro atoms. The van der Waals surface area contributed by atoms with Crippen molar-refractivity contribution in [3.05, 3.63) is 0 Å². The van der Waals surface area contributed by atoms with Crippen LogP contribution in [0.4, 0.5) is 4.79 Å². The van der Waals surface area contributed by atoms with Crippen LogP contribution >= 0.6 is 0 Å². The van der Waals surface area contributed by atoms with E-state index in [0.717, 1.165) is 38.8 Å². The Bertz CT molecular complexity index is 456. The molecule has 0 aliphatic rings. The highest BCUT2D eigenvalue weighted by molar-refractivity contribution is 5.75. The summed E-state index contributed by atoms with van der Waals surface area (Å²) in [6.07, 6.45) is 25.0. The highest BCUT2D eigenvalue weighted by Gasteiger charge is 2.10. The van der Waals surface area contributed by atoms with Gasteiger partial charge in [0.05, 0.1) is 0 Å². The molecule has 0 aromatic carbocycles. The van der Waals surface area contributed by atoms with E-state index in [1.54, 1.807) is 9.80 Å². The Hall–Kier alpha value is -1.26. The van der Waals surface area contributed by atoms with Crippen LogP contribution in [0.25, 0.3) is 0 Å². The van der Waals surface area contributed by atoms with Crippen molar-refractivity contribution in [2.24, 2.45) is 5.73 Å². The van der Waals surface area contributed by atoms with Gasteiger partial charge in [-0.25, -0.2) is 4.79 Å². The monoisotopic (exact) mass is 467 g/mol. The van der Waals surface area contributed by atoms with Crippen LogP contribution in [-0.2, 0) is 4.79 Å². The Kier molecular flexibility index (Phi) is 23.0. The molecule has 0 aliphatic heterocycles. The lowest BCUT2D eigenvalue weighted by molar-refractivity contribution is -0.129. The molecule has 196 valence electrons. The molecule has 0 aromatic rings. The maximum Gasteiger partial charge on any atom is 0.314 e. The van der Waals surface area contributed by atoms with E-state index in [1.807, 2.05) is 14.0 Å². The number of unbranched alkanes of at least 4 members (excludes halogenated alkanes) is 17. The maximum atomic E-state index is 11.8. The van der Waals surface area contributed by atoms with Crippen LogP contribution in [0.3, 0.4) is 0 Å². The summed E-state index contributed by atoms with van der Waals surface area (Å²) in [5.74, 6) is 0.206. The van der Waals surface area contributed by atoms with Gasteiger partial charge in [-0.1, -0.05) is 110 Å². The Labute approximate surface area is 206 Å². The van der Waals surface area contributed by atoms with E-state index in [2.05, 4.69) is 6.92 Å². The first-order chi connectivity index (χ1) is 16.0. The maximum absolute atomic E-state index is 11.8. The Morgan fingerprint density at radius 3 is 1.30 bits per heavy atom. The number of amides is 3. The first kappa shape index (κ1) is 31.7. The first-order valence-corrected chi connectivity index (χ1v) is 14.3. The summed E-state index contributed by atoms with van der Waals surface area (Å²) in [4.78, 5) is 27.0. The standard InChI is InChI=1S/C28H57N3O2/c1-4-6-7-8-9-10-11-12-13-14-15-16-17-18-19-22-25-31(28(29)33)26-23-20-21-24-27(32)30(3)5-2/h4-26H2,1-3H3,(H2,29,33). The summed E-state index contributed by atoms with van der Waals surface area (Å²) in [6, 6.07) is -0.308. The van der Waals surface area contributed by atoms with E-state index in [4.69, 9.17) is 5.73 Å². The lowest BCUT2D eigenvalue weighted by Crippen LogP contribution is -2.37. The van der Waals surface area contributed by atoms with Gasteiger partial charge in [0.2, 0.25) is 5.91 Å². The van der Waals surface area contributed by atoms with Crippen molar-refractivity contribution < 1.29 is 9.59 Å². The van der Waals surface area contributed by atoms with Crippen LogP contribution < -0.4 is 5.73 Å². The van der Waals surface area contributed by atoms with Gasteiger partial charge in [0.25, 0.3) is 0 Å². The van der Waals surface area contributed by atoms with Gasteiger partial charge in [-0.3, -0.25) is 4.79 Å². The average Bonchev–Trinajstić information content (AvgIpc) is 2.81. The van der Waals surface area contributed by atoms with Gasteiger partial charge in [0, 0.05) is 33.1 Å². The highest BCUT2D eigenvalue weighted by Crippen LogP contribution is 2.14. The number of carbonyl (C=O) groups is 2. The van der Waals surface area contributed by atoms with Gasteiger partial charge < -0.3 is 15.5 Å². The summed E-state index contributed by atoms with van der Waals surface area (Å²) in [5, 5.41) is 0.